The summed E-state index contributed by atoms with van der Waals surface area (Å²) in [5, 5.41) is 16.6. The monoisotopic (exact) mass is 411 g/mol. The number of aromatic hydroxyl groups is 1. The molecule has 162 valence electrons. The number of rotatable bonds is 5. The van der Waals surface area contributed by atoms with Gasteiger partial charge >= 0.3 is 0 Å². The summed E-state index contributed by atoms with van der Waals surface area (Å²) in [5.74, 6) is 1.26. The number of phenolic OH excluding ortho intramolecular Hbond substituents is 1. The molecule has 0 saturated carbocycles. The first-order valence-electron chi connectivity index (χ1n) is 10.5. The maximum atomic E-state index is 12.8. The van der Waals surface area contributed by atoms with Crippen LogP contribution in [0.15, 0.2) is 48.5 Å². The summed E-state index contributed by atoms with van der Waals surface area (Å²) in [6.07, 6.45) is 3.52. The predicted molar refractivity (Wildman–Crippen MR) is 119 cm³/mol. The summed E-state index contributed by atoms with van der Waals surface area (Å²) < 4.78 is 0. The van der Waals surface area contributed by atoms with Crippen LogP contribution in [0.25, 0.3) is 0 Å². The number of piperidine rings is 1. The lowest BCUT2D eigenvalue weighted by molar-refractivity contribution is -0.132. The summed E-state index contributed by atoms with van der Waals surface area (Å²) in [6.45, 7) is 8.08. The molecule has 1 atom stereocenters. The quantitative estimate of drug-likeness (QED) is 0.696. The van der Waals surface area contributed by atoms with Crippen LogP contribution in [0.4, 0.5) is 0 Å². The van der Waals surface area contributed by atoms with E-state index < -0.39 is 0 Å². The highest BCUT2D eigenvalue weighted by Crippen LogP contribution is 2.37. The zero-order valence-electron chi connectivity index (χ0n) is 18.2. The first-order valence-corrected chi connectivity index (χ1v) is 10.5. The third-order valence-electron chi connectivity index (χ3n) is 6.17. The average molecular weight is 412 g/mol. The van der Waals surface area contributed by atoms with E-state index in [1.807, 2.05) is 17.0 Å². The van der Waals surface area contributed by atoms with Gasteiger partial charge in [0.1, 0.15) is 5.75 Å². The molecule has 5 nitrogen and oxygen atoms in total. The maximum Gasteiger partial charge on any atom is 0.290 e. The molecule has 0 spiro atoms. The highest BCUT2D eigenvalue weighted by molar-refractivity contribution is 5.76. The Labute approximate surface area is 179 Å². The normalized spacial score (nSPS) is 16.2. The fourth-order valence-electron chi connectivity index (χ4n) is 3.98. The summed E-state index contributed by atoms with van der Waals surface area (Å²) >= 11 is 0. The van der Waals surface area contributed by atoms with E-state index in [4.69, 9.17) is 9.90 Å². The molecule has 1 aliphatic rings. The second-order valence-corrected chi connectivity index (χ2v) is 8.41. The van der Waals surface area contributed by atoms with Crippen molar-refractivity contribution < 1.29 is 19.8 Å². The Morgan fingerprint density at radius 3 is 2.03 bits per heavy atom. The summed E-state index contributed by atoms with van der Waals surface area (Å²) in [7, 11) is 0. The highest BCUT2D eigenvalue weighted by Gasteiger charge is 2.31. The second kappa shape index (κ2) is 10.8. The van der Waals surface area contributed by atoms with E-state index in [9.17, 15) is 9.90 Å². The lowest BCUT2D eigenvalue weighted by Gasteiger charge is -2.34. The minimum absolute atomic E-state index is 0.250. The Morgan fingerprint density at radius 1 is 1.07 bits per heavy atom. The van der Waals surface area contributed by atoms with Gasteiger partial charge < -0.3 is 15.1 Å². The minimum Gasteiger partial charge on any atom is -0.508 e. The lowest BCUT2D eigenvalue weighted by Crippen LogP contribution is -2.38. The fourth-order valence-corrected chi connectivity index (χ4v) is 3.98. The molecule has 0 aromatic heterocycles. The molecule has 2 aromatic rings. The second-order valence-electron chi connectivity index (χ2n) is 8.41. The molecule has 2 aromatic carbocycles. The minimum atomic E-state index is -0.264. The van der Waals surface area contributed by atoms with E-state index in [-0.39, 0.29) is 23.5 Å². The van der Waals surface area contributed by atoms with E-state index >= 15 is 0 Å². The Kier molecular flexibility index (Phi) is 8.46. The third-order valence-corrected chi connectivity index (χ3v) is 6.17. The molecule has 1 unspecified atom stereocenters. The van der Waals surface area contributed by atoms with Crippen molar-refractivity contribution in [3.63, 3.8) is 0 Å². The smallest absolute Gasteiger partial charge is 0.290 e. The Morgan fingerprint density at radius 2 is 1.53 bits per heavy atom. The largest absolute Gasteiger partial charge is 0.508 e. The first-order chi connectivity index (χ1) is 14.3. The van der Waals surface area contributed by atoms with Crippen molar-refractivity contribution in [3.8, 4) is 5.75 Å². The van der Waals surface area contributed by atoms with E-state index in [0.717, 1.165) is 43.8 Å². The molecule has 0 bridgehead atoms. The van der Waals surface area contributed by atoms with Crippen LogP contribution in [0.3, 0.4) is 0 Å². The highest BCUT2D eigenvalue weighted by atomic mass is 16.3. The van der Waals surface area contributed by atoms with Gasteiger partial charge in [0.05, 0.1) is 0 Å². The average Bonchev–Trinajstić information content (AvgIpc) is 2.74. The van der Waals surface area contributed by atoms with Crippen molar-refractivity contribution in [1.82, 2.24) is 4.90 Å². The first kappa shape index (κ1) is 23.5. The fraction of sp³-hybridized carbons (Fsp3) is 0.440. The number of carbonyl (C=O) groups excluding carboxylic acids is 1. The summed E-state index contributed by atoms with van der Waals surface area (Å²) in [6, 6.07) is 16.0. The van der Waals surface area contributed by atoms with Gasteiger partial charge in [-0.25, -0.2) is 0 Å². The number of hydrogen-bond donors (Lipinski definition) is 2. The van der Waals surface area contributed by atoms with Crippen molar-refractivity contribution in [1.29, 1.82) is 0 Å². The standard InChI is InChI=1S/C24H31NO2.CH2O2/c1-18-4-6-20(7-5-18)24(3,21-8-10-22(26)11-9-21)15-12-23(27)25-16-13-19(2)14-17-25;2-1-3/h4-11,19,26H,12-17H2,1-3H3;1H,(H,2,3). The number of carbonyl (C=O) groups is 2. The van der Waals surface area contributed by atoms with Crippen LogP contribution in [0.5, 0.6) is 5.75 Å². The predicted octanol–water partition coefficient (Wildman–Crippen LogP) is 4.75. The summed E-state index contributed by atoms with van der Waals surface area (Å²) in [5.41, 5.74) is 3.30. The van der Waals surface area contributed by atoms with Gasteiger partial charge in [0.15, 0.2) is 0 Å². The van der Waals surface area contributed by atoms with Gasteiger partial charge in [0, 0.05) is 24.9 Å². The van der Waals surface area contributed by atoms with Gasteiger partial charge in [-0.1, -0.05) is 55.8 Å². The molecule has 30 heavy (non-hydrogen) atoms. The van der Waals surface area contributed by atoms with E-state index in [0.29, 0.717) is 6.42 Å². The molecule has 3 rings (SSSR count). The topological polar surface area (TPSA) is 77.8 Å². The van der Waals surface area contributed by atoms with Gasteiger partial charge in [-0.05, 0) is 55.4 Å². The Balaban J connectivity index is 0.00000101. The zero-order valence-corrected chi connectivity index (χ0v) is 18.2. The van der Waals surface area contributed by atoms with Gasteiger partial charge in [0.2, 0.25) is 5.91 Å². The molecule has 1 heterocycles. The molecular formula is C25H33NO4. The number of likely N-dealkylation sites (tertiary alicyclic amines) is 1. The van der Waals surface area contributed by atoms with Crippen LogP contribution in [0.1, 0.15) is 56.2 Å². The number of aryl methyl sites for hydroxylation is 1. The van der Waals surface area contributed by atoms with Gasteiger partial charge in [0.25, 0.3) is 6.47 Å². The maximum absolute atomic E-state index is 12.8. The number of benzene rings is 2. The van der Waals surface area contributed by atoms with E-state index in [1.54, 1.807) is 12.1 Å². The third kappa shape index (κ3) is 6.09. The molecular weight excluding hydrogens is 378 g/mol. The molecule has 0 aliphatic carbocycles. The SMILES string of the molecule is Cc1ccc(C(C)(CCC(=O)N2CCC(C)CC2)c2ccc(O)cc2)cc1.O=CO. The molecule has 2 N–H and O–H groups in total. The Hall–Kier alpha value is -2.82. The van der Waals surface area contributed by atoms with Gasteiger partial charge in [-0.2, -0.15) is 0 Å². The number of nitrogens with zero attached hydrogens (tertiary/aromatic N) is 1. The molecule has 1 saturated heterocycles. The van der Waals surface area contributed by atoms with Crippen LogP contribution in [0, 0.1) is 12.8 Å². The van der Waals surface area contributed by atoms with E-state index in [2.05, 4.69) is 45.0 Å². The van der Waals surface area contributed by atoms with Crippen molar-refractivity contribution in [2.24, 2.45) is 5.92 Å². The van der Waals surface area contributed by atoms with Crippen LogP contribution in [-0.2, 0) is 15.0 Å². The van der Waals surface area contributed by atoms with Crippen molar-refractivity contribution >= 4 is 12.4 Å². The van der Waals surface area contributed by atoms with Crippen LogP contribution in [-0.4, -0.2) is 40.6 Å². The summed E-state index contributed by atoms with van der Waals surface area (Å²) in [4.78, 5) is 23.2. The zero-order chi connectivity index (χ0) is 22.1. The molecule has 1 amide bonds. The van der Waals surface area contributed by atoms with Crippen molar-refractivity contribution in [3.05, 3.63) is 65.2 Å². The van der Waals surface area contributed by atoms with Crippen molar-refractivity contribution in [2.45, 2.75) is 51.9 Å². The number of amides is 1. The van der Waals surface area contributed by atoms with Crippen LogP contribution < -0.4 is 0 Å². The molecule has 0 radical (unpaired) electrons. The van der Waals surface area contributed by atoms with Gasteiger partial charge in [-0.15, -0.1) is 0 Å². The van der Waals surface area contributed by atoms with E-state index in [1.165, 1.54) is 11.1 Å². The molecule has 1 fully saturated rings. The number of hydrogen-bond acceptors (Lipinski definition) is 3. The Bertz CT molecular complexity index is 761. The molecule has 5 heteroatoms. The molecule has 1 aliphatic heterocycles. The lowest BCUT2D eigenvalue weighted by atomic mass is 9.72. The van der Waals surface area contributed by atoms with Crippen molar-refractivity contribution in [2.75, 3.05) is 13.1 Å². The number of phenols is 1. The van der Waals surface area contributed by atoms with Crippen LogP contribution >= 0.6 is 0 Å². The number of carboxylic acid groups (broad SMARTS) is 1. The van der Waals surface area contributed by atoms with Gasteiger partial charge in [-0.3, -0.25) is 9.59 Å². The van der Waals surface area contributed by atoms with Crippen LogP contribution in [0.2, 0.25) is 0 Å².